The normalized spacial score (nSPS) is 22.9. The van der Waals surface area contributed by atoms with E-state index in [1.165, 1.54) is 26.6 Å². The Morgan fingerprint density at radius 1 is 1.19 bits per heavy atom. The summed E-state index contributed by atoms with van der Waals surface area (Å²) in [6.45, 7) is 1.76. The van der Waals surface area contributed by atoms with Crippen LogP contribution in [0.2, 0.25) is 10.3 Å². The van der Waals surface area contributed by atoms with Crippen molar-refractivity contribution in [1.82, 2.24) is 9.97 Å². The maximum atomic E-state index is 11.1. The van der Waals surface area contributed by atoms with Gasteiger partial charge in [0, 0.05) is 55.3 Å². The fourth-order valence-corrected chi connectivity index (χ4v) is 4.06. The minimum atomic E-state index is -1.76. The van der Waals surface area contributed by atoms with E-state index < -0.39 is 24.3 Å². The van der Waals surface area contributed by atoms with Gasteiger partial charge in [-0.1, -0.05) is 23.2 Å². The molecule has 0 fully saturated rings. The lowest BCUT2D eigenvalue weighted by atomic mass is 9.93. The van der Waals surface area contributed by atoms with Crippen molar-refractivity contribution in [2.75, 3.05) is 14.2 Å². The molecule has 1 aliphatic rings. The van der Waals surface area contributed by atoms with E-state index in [9.17, 15) is 10.2 Å². The molecule has 27 heavy (non-hydrogen) atoms. The van der Waals surface area contributed by atoms with Crippen LogP contribution in [0.5, 0.6) is 0 Å². The average molecular weight is 415 g/mol. The molecular formula is C18H20Cl2N2O5. The second-order valence-corrected chi connectivity index (χ2v) is 6.95. The number of aromatic nitrogens is 2. The summed E-state index contributed by atoms with van der Waals surface area (Å²) >= 11 is 12.4. The summed E-state index contributed by atoms with van der Waals surface area (Å²) < 4.78 is 16.3. The van der Waals surface area contributed by atoms with Crippen LogP contribution in [0.25, 0.3) is 0 Å². The standard InChI is InChI=1S/C18H20Cl2N2O5/c1-9-13-11(5-7-22-15(13)19)18(24,27-9)8-12(23)14-10(17(25-2)26-3)4-6-21-16(14)20/h4-7,9,12,17,23-24H,8H2,1-3H3. The van der Waals surface area contributed by atoms with Crippen LogP contribution in [0, 0.1) is 0 Å². The Bertz CT molecular complexity index is 833. The molecule has 2 aromatic heterocycles. The van der Waals surface area contributed by atoms with Crippen LogP contribution in [0.15, 0.2) is 24.5 Å². The first kappa shape index (κ1) is 20.4. The molecule has 0 amide bonds. The molecule has 0 aliphatic carbocycles. The molecule has 3 rings (SSSR count). The highest BCUT2D eigenvalue weighted by Crippen LogP contribution is 2.48. The Balaban J connectivity index is 1.98. The summed E-state index contributed by atoms with van der Waals surface area (Å²) in [5.41, 5.74) is 1.87. The molecule has 3 atom stereocenters. The van der Waals surface area contributed by atoms with Crippen molar-refractivity contribution < 1.29 is 24.4 Å². The summed E-state index contributed by atoms with van der Waals surface area (Å²) in [5.74, 6) is -1.76. The number of methoxy groups -OCH3 is 2. The summed E-state index contributed by atoms with van der Waals surface area (Å²) in [5, 5.41) is 22.4. The van der Waals surface area contributed by atoms with Gasteiger partial charge in [0.2, 0.25) is 0 Å². The van der Waals surface area contributed by atoms with E-state index >= 15 is 0 Å². The van der Waals surface area contributed by atoms with Gasteiger partial charge in [-0.25, -0.2) is 9.97 Å². The molecule has 9 heteroatoms. The third-order valence-electron chi connectivity index (χ3n) is 4.60. The molecule has 0 saturated carbocycles. The fourth-order valence-electron chi connectivity index (χ4n) is 3.46. The number of hydrogen-bond acceptors (Lipinski definition) is 7. The quantitative estimate of drug-likeness (QED) is 0.552. The molecule has 3 unspecified atom stereocenters. The molecule has 146 valence electrons. The highest BCUT2D eigenvalue weighted by Gasteiger charge is 2.45. The van der Waals surface area contributed by atoms with Gasteiger partial charge >= 0.3 is 0 Å². The number of aliphatic hydroxyl groups is 2. The molecule has 0 bridgehead atoms. The van der Waals surface area contributed by atoms with Crippen LogP contribution >= 0.6 is 23.2 Å². The number of halogens is 2. The monoisotopic (exact) mass is 414 g/mol. The van der Waals surface area contributed by atoms with Crippen molar-refractivity contribution in [1.29, 1.82) is 0 Å². The number of ether oxygens (including phenoxy) is 3. The zero-order chi connectivity index (χ0) is 19.8. The Hall–Kier alpha value is -1.32. The van der Waals surface area contributed by atoms with Gasteiger partial charge in [0.1, 0.15) is 10.3 Å². The number of hydrogen-bond donors (Lipinski definition) is 2. The molecule has 1 aliphatic heterocycles. The van der Waals surface area contributed by atoms with Crippen molar-refractivity contribution in [3.05, 3.63) is 57.1 Å². The maximum Gasteiger partial charge on any atom is 0.196 e. The highest BCUT2D eigenvalue weighted by molar-refractivity contribution is 6.30. The first-order valence-corrected chi connectivity index (χ1v) is 9.01. The third kappa shape index (κ3) is 3.69. The zero-order valence-electron chi connectivity index (χ0n) is 15.0. The topological polar surface area (TPSA) is 93.9 Å². The Morgan fingerprint density at radius 3 is 2.48 bits per heavy atom. The summed E-state index contributed by atoms with van der Waals surface area (Å²) in [6.07, 6.45) is 0.344. The van der Waals surface area contributed by atoms with E-state index in [-0.39, 0.29) is 16.7 Å². The van der Waals surface area contributed by atoms with E-state index in [0.29, 0.717) is 22.3 Å². The van der Waals surface area contributed by atoms with E-state index in [4.69, 9.17) is 37.4 Å². The van der Waals surface area contributed by atoms with Gasteiger partial charge in [0.25, 0.3) is 0 Å². The first-order chi connectivity index (χ1) is 12.8. The van der Waals surface area contributed by atoms with Crippen molar-refractivity contribution in [2.24, 2.45) is 0 Å². The molecular weight excluding hydrogens is 395 g/mol. The third-order valence-corrected chi connectivity index (χ3v) is 5.20. The molecule has 7 nitrogen and oxygen atoms in total. The van der Waals surface area contributed by atoms with Crippen molar-refractivity contribution >= 4 is 23.2 Å². The van der Waals surface area contributed by atoms with Gasteiger partial charge in [-0.15, -0.1) is 0 Å². The second-order valence-electron chi connectivity index (χ2n) is 6.24. The minimum absolute atomic E-state index is 0.0849. The molecule has 2 aromatic rings. The van der Waals surface area contributed by atoms with E-state index in [0.717, 1.165) is 0 Å². The smallest absolute Gasteiger partial charge is 0.196 e. The molecule has 2 N–H and O–H groups in total. The largest absolute Gasteiger partial charge is 0.388 e. The van der Waals surface area contributed by atoms with E-state index in [1.807, 2.05) is 0 Å². The molecule has 0 aromatic carbocycles. The lowest BCUT2D eigenvalue weighted by molar-refractivity contribution is -0.235. The first-order valence-electron chi connectivity index (χ1n) is 8.25. The number of pyridine rings is 2. The molecule has 0 saturated heterocycles. The predicted molar refractivity (Wildman–Crippen MR) is 98.2 cm³/mol. The molecule has 0 spiro atoms. The van der Waals surface area contributed by atoms with Gasteiger partial charge < -0.3 is 24.4 Å². The van der Waals surface area contributed by atoms with Crippen molar-refractivity contribution in [2.45, 2.75) is 37.6 Å². The number of fused-ring (bicyclic) bond motifs is 1. The van der Waals surface area contributed by atoms with Gasteiger partial charge in [0.15, 0.2) is 12.1 Å². The zero-order valence-corrected chi connectivity index (χ0v) is 16.5. The lowest BCUT2D eigenvalue weighted by Crippen LogP contribution is -2.28. The van der Waals surface area contributed by atoms with Crippen LogP contribution in [0.1, 0.15) is 54.1 Å². The van der Waals surface area contributed by atoms with Crippen LogP contribution in [-0.2, 0) is 20.0 Å². The number of rotatable bonds is 6. The van der Waals surface area contributed by atoms with Crippen LogP contribution in [0.4, 0.5) is 0 Å². The van der Waals surface area contributed by atoms with Crippen molar-refractivity contribution in [3.63, 3.8) is 0 Å². The Morgan fingerprint density at radius 2 is 1.81 bits per heavy atom. The molecule has 3 heterocycles. The number of aliphatic hydroxyl groups excluding tert-OH is 1. The van der Waals surface area contributed by atoms with E-state index in [2.05, 4.69) is 9.97 Å². The van der Waals surface area contributed by atoms with Gasteiger partial charge in [-0.2, -0.15) is 0 Å². The summed E-state index contributed by atoms with van der Waals surface area (Å²) in [6, 6.07) is 3.26. The summed E-state index contributed by atoms with van der Waals surface area (Å²) in [7, 11) is 2.94. The van der Waals surface area contributed by atoms with Crippen LogP contribution in [0.3, 0.4) is 0 Å². The predicted octanol–water partition coefficient (Wildman–Crippen LogP) is 3.43. The van der Waals surface area contributed by atoms with Gasteiger partial charge in [0.05, 0.1) is 12.2 Å². The van der Waals surface area contributed by atoms with Gasteiger partial charge in [-0.3, -0.25) is 0 Å². The maximum absolute atomic E-state index is 11.1. The highest BCUT2D eigenvalue weighted by atomic mass is 35.5. The SMILES string of the molecule is COC(OC)c1ccnc(Cl)c1C(O)CC1(O)OC(C)c2c1ccnc2Cl. The second kappa shape index (κ2) is 7.97. The Kier molecular flexibility index (Phi) is 6.02. The van der Waals surface area contributed by atoms with Crippen LogP contribution in [-0.4, -0.2) is 34.4 Å². The van der Waals surface area contributed by atoms with Crippen molar-refractivity contribution in [3.8, 4) is 0 Å². The number of nitrogens with zero attached hydrogens (tertiary/aromatic N) is 2. The fraction of sp³-hybridized carbons (Fsp3) is 0.444. The summed E-state index contributed by atoms with van der Waals surface area (Å²) in [4.78, 5) is 8.05. The average Bonchev–Trinajstić information content (AvgIpc) is 2.87. The van der Waals surface area contributed by atoms with E-state index in [1.54, 1.807) is 19.1 Å². The Labute approximate surface area is 166 Å². The molecule has 0 radical (unpaired) electrons. The van der Waals surface area contributed by atoms with Crippen LogP contribution < -0.4 is 0 Å². The van der Waals surface area contributed by atoms with Gasteiger partial charge in [-0.05, 0) is 19.1 Å². The minimum Gasteiger partial charge on any atom is -0.388 e. The lowest BCUT2D eigenvalue weighted by Gasteiger charge is -2.28.